The average Bonchev–Trinajstić information content (AvgIpc) is 3.23. The molecule has 0 saturated carbocycles. The van der Waals surface area contributed by atoms with Gasteiger partial charge in [-0.3, -0.25) is 9.59 Å². The lowest BCUT2D eigenvalue weighted by molar-refractivity contribution is -0.120. The van der Waals surface area contributed by atoms with Crippen molar-refractivity contribution in [3.63, 3.8) is 0 Å². The predicted molar refractivity (Wildman–Crippen MR) is 110 cm³/mol. The van der Waals surface area contributed by atoms with E-state index in [1.807, 2.05) is 83.4 Å². The van der Waals surface area contributed by atoms with Crippen LogP contribution in [0.2, 0.25) is 0 Å². The summed E-state index contributed by atoms with van der Waals surface area (Å²) in [4.78, 5) is 26.3. The van der Waals surface area contributed by atoms with Crippen LogP contribution in [0.3, 0.4) is 0 Å². The minimum absolute atomic E-state index is 0.0292. The van der Waals surface area contributed by atoms with Crippen molar-refractivity contribution in [2.24, 2.45) is 0 Å². The summed E-state index contributed by atoms with van der Waals surface area (Å²) in [5.41, 5.74) is 4.38. The molecule has 6 heteroatoms. The third kappa shape index (κ3) is 3.76. The van der Waals surface area contributed by atoms with Gasteiger partial charge in [-0.2, -0.15) is 0 Å². The Kier molecular flexibility index (Phi) is 4.85. The number of nitrogens with zero attached hydrogens (tertiary/aromatic N) is 2. The summed E-state index contributed by atoms with van der Waals surface area (Å²) in [6, 6.07) is 17.2. The molecular weight excluding hydrogens is 352 g/mol. The van der Waals surface area contributed by atoms with Gasteiger partial charge in [-0.15, -0.1) is 0 Å². The van der Waals surface area contributed by atoms with Gasteiger partial charge in [-0.1, -0.05) is 6.07 Å². The molecule has 2 aromatic carbocycles. The molecule has 1 fully saturated rings. The van der Waals surface area contributed by atoms with E-state index in [0.717, 1.165) is 29.2 Å². The topological polar surface area (TPSA) is 66.4 Å². The lowest BCUT2D eigenvalue weighted by Crippen LogP contribution is -2.47. The van der Waals surface area contributed by atoms with E-state index in [2.05, 4.69) is 10.6 Å². The zero-order valence-corrected chi connectivity index (χ0v) is 15.7. The number of amides is 2. The maximum absolute atomic E-state index is 12.7. The first-order valence-electron chi connectivity index (χ1n) is 9.27. The fourth-order valence-corrected chi connectivity index (χ4v) is 3.34. The highest BCUT2D eigenvalue weighted by Crippen LogP contribution is 2.21. The molecule has 0 aliphatic carbocycles. The van der Waals surface area contributed by atoms with Gasteiger partial charge >= 0.3 is 0 Å². The van der Waals surface area contributed by atoms with Crippen molar-refractivity contribution in [1.82, 2.24) is 9.88 Å². The maximum atomic E-state index is 12.7. The number of hydrogen-bond acceptors (Lipinski definition) is 3. The van der Waals surface area contributed by atoms with E-state index >= 15 is 0 Å². The number of carbonyl (C=O) groups excluding carboxylic acids is 2. The summed E-state index contributed by atoms with van der Waals surface area (Å²) < 4.78 is 2.00. The molecule has 3 aromatic rings. The first-order valence-corrected chi connectivity index (χ1v) is 9.27. The standard InChI is InChI=1S/C22H22N4O2/c1-16-4-5-17(14-20(16)25-11-2-3-12-25)22(28)24-18-6-8-19(9-7-18)26-13-10-23-21(27)15-26/h2-9,11-12,14H,10,13,15H2,1H3,(H,23,27)(H,24,28). The second kappa shape index (κ2) is 7.60. The van der Waals surface area contributed by atoms with Crippen molar-refractivity contribution >= 4 is 23.2 Å². The van der Waals surface area contributed by atoms with Crippen molar-refractivity contribution in [3.8, 4) is 5.69 Å². The first kappa shape index (κ1) is 17.9. The average molecular weight is 374 g/mol. The van der Waals surface area contributed by atoms with E-state index in [-0.39, 0.29) is 11.8 Å². The Morgan fingerprint density at radius 1 is 1.07 bits per heavy atom. The van der Waals surface area contributed by atoms with Gasteiger partial charge < -0.3 is 20.1 Å². The maximum Gasteiger partial charge on any atom is 0.255 e. The summed E-state index contributed by atoms with van der Waals surface area (Å²) in [7, 11) is 0. The molecule has 2 amide bonds. The fourth-order valence-electron chi connectivity index (χ4n) is 3.34. The van der Waals surface area contributed by atoms with Crippen LogP contribution in [0.15, 0.2) is 67.0 Å². The number of anilines is 2. The first-order chi connectivity index (χ1) is 13.6. The van der Waals surface area contributed by atoms with Gasteiger partial charge in [0.05, 0.1) is 6.54 Å². The van der Waals surface area contributed by atoms with E-state index < -0.39 is 0 Å². The highest BCUT2D eigenvalue weighted by atomic mass is 16.2. The molecule has 1 aliphatic heterocycles. The van der Waals surface area contributed by atoms with Crippen molar-refractivity contribution in [3.05, 3.63) is 78.1 Å². The van der Waals surface area contributed by atoms with E-state index in [0.29, 0.717) is 18.7 Å². The van der Waals surface area contributed by atoms with E-state index in [4.69, 9.17) is 0 Å². The Balaban J connectivity index is 1.48. The van der Waals surface area contributed by atoms with Crippen LogP contribution in [-0.2, 0) is 4.79 Å². The predicted octanol–water partition coefficient (Wildman–Crippen LogP) is 2.97. The number of benzene rings is 2. The minimum Gasteiger partial charge on any atom is -0.360 e. The molecule has 0 atom stereocenters. The Hall–Kier alpha value is -3.54. The van der Waals surface area contributed by atoms with Crippen molar-refractivity contribution in [1.29, 1.82) is 0 Å². The molecule has 1 aliphatic rings. The molecule has 4 rings (SSSR count). The quantitative estimate of drug-likeness (QED) is 0.738. The number of carbonyl (C=O) groups is 2. The zero-order chi connectivity index (χ0) is 19.5. The summed E-state index contributed by atoms with van der Waals surface area (Å²) in [5.74, 6) is -0.125. The summed E-state index contributed by atoms with van der Waals surface area (Å²) in [5, 5.41) is 5.76. The Labute approximate surface area is 163 Å². The molecule has 0 radical (unpaired) electrons. The molecule has 142 valence electrons. The Morgan fingerprint density at radius 3 is 2.54 bits per heavy atom. The third-order valence-corrected chi connectivity index (χ3v) is 4.88. The van der Waals surface area contributed by atoms with Gasteiger partial charge in [0, 0.05) is 48.1 Å². The van der Waals surface area contributed by atoms with Crippen LogP contribution in [-0.4, -0.2) is 36.0 Å². The monoisotopic (exact) mass is 374 g/mol. The largest absolute Gasteiger partial charge is 0.360 e. The van der Waals surface area contributed by atoms with Gasteiger partial charge in [-0.25, -0.2) is 0 Å². The molecule has 2 N–H and O–H groups in total. The summed E-state index contributed by atoms with van der Waals surface area (Å²) >= 11 is 0. The van der Waals surface area contributed by atoms with Crippen LogP contribution in [0.1, 0.15) is 15.9 Å². The van der Waals surface area contributed by atoms with E-state index in [1.165, 1.54) is 0 Å². The molecule has 6 nitrogen and oxygen atoms in total. The van der Waals surface area contributed by atoms with Crippen molar-refractivity contribution in [2.75, 3.05) is 29.9 Å². The smallest absolute Gasteiger partial charge is 0.255 e. The van der Waals surface area contributed by atoms with Gasteiger partial charge in [0.25, 0.3) is 5.91 Å². The highest BCUT2D eigenvalue weighted by Gasteiger charge is 2.16. The molecule has 0 spiro atoms. The molecular formula is C22H22N4O2. The van der Waals surface area contributed by atoms with Crippen LogP contribution in [0.4, 0.5) is 11.4 Å². The van der Waals surface area contributed by atoms with Crippen LogP contribution >= 0.6 is 0 Å². The molecule has 0 unspecified atom stereocenters. The molecule has 1 aromatic heterocycles. The van der Waals surface area contributed by atoms with E-state index in [9.17, 15) is 9.59 Å². The number of aromatic nitrogens is 1. The van der Waals surface area contributed by atoms with Gasteiger partial charge in [-0.05, 0) is 61.0 Å². The van der Waals surface area contributed by atoms with Crippen LogP contribution in [0.5, 0.6) is 0 Å². The van der Waals surface area contributed by atoms with E-state index in [1.54, 1.807) is 0 Å². The molecule has 0 bridgehead atoms. The van der Waals surface area contributed by atoms with Crippen LogP contribution < -0.4 is 15.5 Å². The molecule has 1 saturated heterocycles. The zero-order valence-electron chi connectivity index (χ0n) is 15.7. The Bertz CT molecular complexity index is 994. The van der Waals surface area contributed by atoms with Gasteiger partial charge in [0.1, 0.15) is 0 Å². The number of piperazine rings is 1. The molecule has 28 heavy (non-hydrogen) atoms. The minimum atomic E-state index is -0.154. The second-order valence-corrected chi connectivity index (χ2v) is 6.86. The van der Waals surface area contributed by atoms with Gasteiger partial charge in [0.2, 0.25) is 5.91 Å². The normalized spacial score (nSPS) is 13.9. The summed E-state index contributed by atoms with van der Waals surface area (Å²) in [6.45, 7) is 3.81. The lowest BCUT2D eigenvalue weighted by Gasteiger charge is -2.28. The van der Waals surface area contributed by atoms with Crippen molar-refractivity contribution in [2.45, 2.75) is 6.92 Å². The molecule has 2 heterocycles. The van der Waals surface area contributed by atoms with Crippen molar-refractivity contribution < 1.29 is 9.59 Å². The third-order valence-electron chi connectivity index (χ3n) is 4.88. The number of aryl methyl sites for hydroxylation is 1. The summed E-state index contributed by atoms with van der Waals surface area (Å²) in [6.07, 6.45) is 3.92. The highest BCUT2D eigenvalue weighted by molar-refractivity contribution is 6.04. The van der Waals surface area contributed by atoms with Gasteiger partial charge in [0.15, 0.2) is 0 Å². The number of hydrogen-bond donors (Lipinski definition) is 2. The second-order valence-electron chi connectivity index (χ2n) is 6.86. The van der Waals surface area contributed by atoms with Crippen LogP contribution in [0.25, 0.3) is 5.69 Å². The number of nitrogens with one attached hydrogen (secondary N) is 2. The SMILES string of the molecule is Cc1ccc(C(=O)Nc2ccc(N3CCNC(=O)C3)cc2)cc1-n1cccc1. The Morgan fingerprint density at radius 2 is 1.82 bits per heavy atom. The lowest BCUT2D eigenvalue weighted by atomic mass is 10.1. The number of rotatable bonds is 4. The fraction of sp³-hybridized carbons (Fsp3) is 0.182. The van der Waals surface area contributed by atoms with Crippen LogP contribution in [0, 0.1) is 6.92 Å².